The highest BCUT2D eigenvalue weighted by atomic mass is 19.1. The Labute approximate surface area is 212 Å². The van der Waals surface area contributed by atoms with E-state index in [0.717, 1.165) is 55.6 Å². The van der Waals surface area contributed by atoms with Crippen molar-refractivity contribution in [1.82, 2.24) is 9.55 Å². The summed E-state index contributed by atoms with van der Waals surface area (Å²) < 4.78 is 24.8. The van der Waals surface area contributed by atoms with Crippen LogP contribution in [0.15, 0.2) is 108 Å². The first-order chi connectivity index (χ1) is 18.1. The third kappa shape index (κ3) is 3.21. The molecular weight excluding hydrogens is 461 g/mol. The number of nitrogens with zero attached hydrogens (tertiary/aromatic N) is 3. The van der Waals surface area contributed by atoms with E-state index in [1.54, 1.807) is 6.07 Å². The smallest absolute Gasteiger partial charge is 0.299 e. The molecule has 5 heteroatoms. The molecule has 178 valence electrons. The van der Waals surface area contributed by atoms with Gasteiger partial charge >= 0.3 is 0 Å². The Morgan fingerprint density at radius 3 is 2.38 bits per heavy atom. The van der Waals surface area contributed by atoms with Gasteiger partial charge in [-0.25, -0.2) is 4.57 Å². The van der Waals surface area contributed by atoms with E-state index >= 15 is 0 Å². The Kier molecular flexibility index (Phi) is 4.73. The first-order valence-corrected chi connectivity index (χ1v) is 12.2. The molecule has 4 aromatic carbocycles. The summed E-state index contributed by atoms with van der Waals surface area (Å²) >= 11 is 0. The van der Waals surface area contributed by atoms with Crippen LogP contribution in [0.5, 0.6) is 0 Å². The molecule has 0 saturated heterocycles. The van der Waals surface area contributed by atoms with Gasteiger partial charge in [-0.05, 0) is 48.4 Å². The van der Waals surface area contributed by atoms with Crippen molar-refractivity contribution in [3.8, 4) is 28.2 Å². The van der Waals surface area contributed by atoms with Crippen molar-refractivity contribution in [2.45, 2.75) is 6.92 Å². The van der Waals surface area contributed by atoms with Crippen LogP contribution in [0.25, 0.3) is 61.3 Å². The van der Waals surface area contributed by atoms with Crippen LogP contribution in [0.2, 0.25) is 0 Å². The Hall–Kier alpha value is -4.77. The fraction of sp³-hybridized carbons (Fsp3) is 0.0625. The first-order valence-electron chi connectivity index (χ1n) is 12.2. The average molecular weight is 485 g/mol. The number of furan rings is 1. The molecule has 0 N–H and O–H groups in total. The number of hydrogen-bond donors (Lipinski definition) is 0. The number of rotatable bonds is 3. The van der Waals surface area contributed by atoms with Gasteiger partial charge in [0, 0.05) is 16.3 Å². The van der Waals surface area contributed by atoms with Crippen LogP contribution in [0.4, 0.5) is 4.39 Å². The van der Waals surface area contributed by atoms with Crippen LogP contribution >= 0.6 is 0 Å². The van der Waals surface area contributed by atoms with Crippen LogP contribution in [0.3, 0.4) is 0 Å². The maximum atomic E-state index is 14.0. The summed E-state index contributed by atoms with van der Waals surface area (Å²) in [6.45, 7) is 2.08. The zero-order chi connectivity index (χ0) is 25.1. The van der Waals surface area contributed by atoms with E-state index < -0.39 is 5.95 Å². The number of pyridine rings is 1. The fourth-order valence-corrected chi connectivity index (χ4v) is 5.44. The number of aromatic nitrogens is 3. The maximum Gasteiger partial charge on any atom is 0.299 e. The number of halogens is 1. The average Bonchev–Trinajstić information content (AvgIpc) is 3.43. The second kappa shape index (κ2) is 8.14. The monoisotopic (exact) mass is 484 g/mol. The molecule has 0 spiro atoms. The van der Waals surface area contributed by atoms with Crippen LogP contribution in [-0.2, 0) is 7.05 Å². The highest BCUT2D eigenvalue weighted by Gasteiger charge is 2.31. The zero-order valence-electron chi connectivity index (χ0n) is 20.4. The Morgan fingerprint density at radius 1 is 0.784 bits per heavy atom. The van der Waals surface area contributed by atoms with E-state index in [4.69, 9.17) is 4.42 Å². The van der Waals surface area contributed by atoms with Crippen molar-refractivity contribution in [2.24, 2.45) is 7.05 Å². The topological polar surface area (TPSA) is 34.8 Å². The number of aryl methyl sites for hydroxylation is 2. The van der Waals surface area contributed by atoms with Crippen molar-refractivity contribution in [3.05, 3.63) is 115 Å². The third-order valence-electron chi connectivity index (χ3n) is 7.15. The molecule has 37 heavy (non-hydrogen) atoms. The second-order valence-electron chi connectivity index (χ2n) is 9.31. The molecule has 0 amide bonds. The quantitative estimate of drug-likeness (QED) is 0.192. The van der Waals surface area contributed by atoms with Gasteiger partial charge in [0.2, 0.25) is 11.7 Å². The minimum Gasteiger partial charge on any atom is -0.437 e. The normalized spacial score (nSPS) is 11.6. The predicted molar refractivity (Wildman–Crippen MR) is 145 cm³/mol. The summed E-state index contributed by atoms with van der Waals surface area (Å²) in [6, 6.07) is 34.5. The van der Waals surface area contributed by atoms with Gasteiger partial charge in [0.15, 0.2) is 16.6 Å². The number of imidazole rings is 1. The van der Waals surface area contributed by atoms with Gasteiger partial charge in [0.05, 0.1) is 7.05 Å². The minimum absolute atomic E-state index is 0.303. The van der Waals surface area contributed by atoms with Crippen molar-refractivity contribution in [2.75, 3.05) is 0 Å². The highest BCUT2D eigenvalue weighted by molar-refractivity contribution is 6.09. The van der Waals surface area contributed by atoms with Gasteiger partial charge in [0.25, 0.3) is 5.82 Å². The number of fused-ring (bicyclic) bond motifs is 4. The van der Waals surface area contributed by atoms with Crippen molar-refractivity contribution in [3.63, 3.8) is 0 Å². The summed E-state index contributed by atoms with van der Waals surface area (Å²) in [6.07, 6.45) is 0. The lowest BCUT2D eigenvalue weighted by Gasteiger charge is -2.11. The molecule has 0 atom stereocenters. The van der Waals surface area contributed by atoms with E-state index in [1.807, 2.05) is 12.1 Å². The lowest BCUT2D eigenvalue weighted by atomic mass is 10.0. The van der Waals surface area contributed by atoms with Crippen LogP contribution < -0.4 is 4.57 Å². The Morgan fingerprint density at radius 2 is 1.51 bits per heavy atom. The molecular formula is C32H23FN3O+. The molecule has 7 rings (SSSR count). The molecule has 0 bridgehead atoms. The Bertz CT molecular complexity index is 1970. The van der Waals surface area contributed by atoms with Crippen molar-refractivity contribution < 1.29 is 13.4 Å². The van der Waals surface area contributed by atoms with E-state index in [1.165, 1.54) is 6.07 Å². The molecule has 0 aliphatic heterocycles. The van der Waals surface area contributed by atoms with E-state index in [9.17, 15) is 4.39 Å². The Balaban J connectivity index is 1.64. The standard InChI is InChI=1S/C32H23FN3O/c1-20-16-17-23-24-18-19-28(33)34-31(24)37-30(23)29(20)32-35(2)26-14-8-9-15-27(26)36(32)25-13-7-6-12-22(25)21-10-4-3-5-11-21/h3-19H,1-2H3/q+1. The molecule has 7 aromatic rings. The van der Waals surface area contributed by atoms with E-state index in [2.05, 4.69) is 107 Å². The lowest BCUT2D eigenvalue weighted by molar-refractivity contribution is -0.633. The molecule has 0 fully saturated rings. The van der Waals surface area contributed by atoms with Gasteiger partial charge in [-0.15, -0.1) is 0 Å². The van der Waals surface area contributed by atoms with Crippen molar-refractivity contribution >= 4 is 33.1 Å². The van der Waals surface area contributed by atoms with E-state index in [-0.39, 0.29) is 0 Å². The fourth-order valence-electron chi connectivity index (χ4n) is 5.44. The van der Waals surface area contributed by atoms with Crippen LogP contribution in [0, 0.1) is 12.9 Å². The van der Waals surface area contributed by atoms with E-state index in [0.29, 0.717) is 11.3 Å². The van der Waals surface area contributed by atoms with Gasteiger partial charge in [0.1, 0.15) is 11.3 Å². The van der Waals surface area contributed by atoms with Crippen molar-refractivity contribution in [1.29, 1.82) is 0 Å². The summed E-state index contributed by atoms with van der Waals surface area (Å²) in [4.78, 5) is 4.03. The second-order valence-corrected chi connectivity index (χ2v) is 9.31. The van der Waals surface area contributed by atoms with Crippen LogP contribution in [0.1, 0.15) is 5.56 Å². The third-order valence-corrected chi connectivity index (χ3v) is 7.15. The number of hydrogen-bond acceptors (Lipinski definition) is 2. The summed E-state index contributed by atoms with van der Waals surface area (Å²) in [5.74, 6) is 0.425. The molecule has 3 aromatic heterocycles. The summed E-state index contributed by atoms with van der Waals surface area (Å²) in [5, 5.41) is 1.71. The molecule has 0 saturated carbocycles. The van der Waals surface area contributed by atoms with Gasteiger partial charge in [-0.3, -0.25) is 0 Å². The zero-order valence-corrected chi connectivity index (χ0v) is 20.4. The number of benzene rings is 4. The van der Waals surface area contributed by atoms with Gasteiger partial charge in [-0.1, -0.05) is 72.8 Å². The predicted octanol–water partition coefficient (Wildman–Crippen LogP) is 7.53. The first kappa shape index (κ1) is 21.5. The molecule has 0 aliphatic carbocycles. The molecule has 3 heterocycles. The van der Waals surface area contributed by atoms with Gasteiger partial charge in [-0.2, -0.15) is 13.9 Å². The SMILES string of the molecule is Cc1ccc2c(oc3nc(F)ccc32)c1-c1n(-c2ccccc2-c2ccccc2)c2ccccc2[n+]1C. The molecule has 0 radical (unpaired) electrons. The number of para-hydroxylation sites is 3. The lowest BCUT2D eigenvalue weighted by Crippen LogP contribution is -2.30. The molecule has 0 aliphatic rings. The highest BCUT2D eigenvalue weighted by Crippen LogP contribution is 2.40. The summed E-state index contributed by atoms with van der Waals surface area (Å²) in [5.41, 5.74) is 8.53. The van der Waals surface area contributed by atoms with Gasteiger partial charge < -0.3 is 4.42 Å². The minimum atomic E-state index is -0.554. The largest absolute Gasteiger partial charge is 0.437 e. The molecule has 4 nitrogen and oxygen atoms in total. The maximum absolute atomic E-state index is 14.0. The molecule has 0 unspecified atom stereocenters. The summed E-state index contributed by atoms with van der Waals surface area (Å²) in [7, 11) is 2.08. The van der Waals surface area contributed by atoms with Crippen LogP contribution in [-0.4, -0.2) is 9.55 Å².